The van der Waals surface area contributed by atoms with Crippen molar-refractivity contribution in [3.8, 4) is 0 Å². The van der Waals surface area contributed by atoms with Gasteiger partial charge in [-0.1, -0.05) is 48.5 Å². The number of amides is 1. The van der Waals surface area contributed by atoms with Crippen LogP contribution >= 0.6 is 0 Å². The van der Waals surface area contributed by atoms with Gasteiger partial charge in [-0.15, -0.1) is 0 Å². The number of rotatable bonds is 3. The first-order valence-electron chi connectivity index (χ1n) is 10.2. The van der Waals surface area contributed by atoms with E-state index in [1.54, 1.807) is 18.2 Å². The summed E-state index contributed by atoms with van der Waals surface area (Å²) in [5, 5.41) is 6.20. The highest BCUT2D eigenvalue weighted by atomic mass is 16.3. The third-order valence-electron chi connectivity index (χ3n) is 5.87. The maximum atomic E-state index is 12.9. The van der Waals surface area contributed by atoms with Gasteiger partial charge in [-0.3, -0.25) is 9.59 Å². The molecule has 0 fully saturated rings. The lowest BCUT2D eigenvalue weighted by Crippen LogP contribution is -2.14. The predicted octanol–water partition coefficient (Wildman–Crippen LogP) is 5.90. The first-order chi connectivity index (χ1) is 15.0. The Balaban J connectivity index is 1.49. The predicted molar refractivity (Wildman–Crippen MR) is 126 cm³/mol. The Bertz CT molecular complexity index is 1540. The molecule has 5 aromatic rings. The molecule has 4 heteroatoms. The quantitative estimate of drug-likeness (QED) is 0.379. The van der Waals surface area contributed by atoms with Gasteiger partial charge in [0.15, 0.2) is 0 Å². The van der Waals surface area contributed by atoms with Crippen LogP contribution in [0, 0.1) is 13.8 Å². The molecule has 0 aliphatic heterocycles. The molecule has 152 valence electrons. The highest BCUT2D eigenvalue weighted by molar-refractivity contribution is 5.98. The van der Waals surface area contributed by atoms with Crippen LogP contribution in [-0.2, 0) is 11.2 Å². The molecule has 0 saturated heterocycles. The molecule has 0 bridgehead atoms. The third-order valence-corrected chi connectivity index (χ3v) is 5.87. The van der Waals surface area contributed by atoms with Crippen LogP contribution in [0.5, 0.6) is 0 Å². The summed E-state index contributed by atoms with van der Waals surface area (Å²) < 4.78 is 6.09. The summed E-state index contributed by atoms with van der Waals surface area (Å²) in [6.07, 6.45) is 0.263. The number of nitrogens with one attached hydrogen (secondary N) is 1. The Hall–Kier alpha value is -3.92. The van der Waals surface area contributed by atoms with Crippen LogP contribution in [0.1, 0.15) is 16.7 Å². The van der Waals surface area contributed by atoms with E-state index in [4.69, 9.17) is 4.42 Å². The van der Waals surface area contributed by atoms with Gasteiger partial charge in [-0.05, 0) is 59.5 Å². The molecule has 1 aromatic heterocycles. The maximum Gasteiger partial charge on any atom is 0.228 e. The zero-order valence-corrected chi connectivity index (χ0v) is 17.4. The van der Waals surface area contributed by atoms with Crippen molar-refractivity contribution in [3.63, 3.8) is 0 Å². The van der Waals surface area contributed by atoms with Gasteiger partial charge >= 0.3 is 0 Å². The highest BCUT2D eigenvalue weighted by Crippen LogP contribution is 2.26. The lowest BCUT2D eigenvalue weighted by molar-refractivity contribution is -0.115. The second-order valence-electron chi connectivity index (χ2n) is 7.89. The Morgan fingerprint density at radius 3 is 2.52 bits per heavy atom. The number of fused-ring (bicyclic) bond motifs is 3. The highest BCUT2D eigenvalue weighted by Gasteiger charge is 2.13. The van der Waals surface area contributed by atoms with Gasteiger partial charge in [-0.25, -0.2) is 0 Å². The summed E-state index contributed by atoms with van der Waals surface area (Å²) in [5.41, 5.74) is 4.58. The van der Waals surface area contributed by atoms with E-state index >= 15 is 0 Å². The molecule has 0 spiro atoms. The van der Waals surface area contributed by atoms with Crippen molar-refractivity contribution < 1.29 is 9.21 Å². The molecule has 0 aliphatic rings. The summed E-state index contributed by atoms with van der Waals surface area (Å²) in [6.45, 7) is 3.94. The zero-order chi connectivity index (χ0) is 21.5. The first-order valence-corrected chi connectivity index (χ1v) is 10.2. The fourth-order valence-corrected chi connectivity index (χ4v) is 4.05. The molecular formula is C27H21NO3. The van der Waals surface area contributed by atoms with E-state index in [0.717, 1.165) is 27.5 Å². The summed E-state index contributed by atoms with van der Waals surface area (Å²) in [5.74, 6) is -0.120. The van der Waals surface area contributed by atoms with Gasteiger partial charge in [0, 0.05) is 11.8 Å². The summed E-state index contributed by atoms with van der Waals surface area (Å²) in [6, 6.07) is 22.9. The lowest BCUT2D eigenvalue weighted by Gasteiger charge is -2.10. The number of aryl methyl sites for hydroxylation is 2. The lowest BCUT2D eigenvalue weighted by atomic mass is 10.0. The number of carbonyl (C=O) groups excluding carboxylic acids is 1. The van der Waals surface area contributed by atoms with Crippen molar-refractivity contribution >= 4 is 44.3 Å². The fraction of sp³-hybridized carbons (Fsp3) is 0.111. The molecule has 0 atom stereocenters. The normalized spacial score (nSPS) is 11.3. The largest absolute Gasteiger partial charge is 0.455 e. The first kappa shape index (κ1) is 19.1. The van der Waals surface area contributed by atoms with E-state index in [2.05, 4.69) is 5.32 Å². The minimum atomic E-state index is -0.120. The van der Waals surface area contributed by atoms with E-state index in [9.17, 15) is 9.59 Å². The van der Waals surface area contributed by atoms with Crippen LogP contribution in [0.3, 0.4) is 0 Å². The zero-order valence-electron chi connectivity index (χ0n) is 17.4. The van der Waals surface area contributed by atoms with Crippen molar-refractivity contribution in [3.05, 3.63) is 99.7 Å². The van der Waals surface area contributed by atoms with Gasteiger partial charge < -0.3 is 9.73 Å². The van der Waals surface area contributed by atoms with Gasteiger partial charge in [0.05, 0.1) is 17.2 Å². The van der Waals surface area contributed by atoms with Crippen molar-refractivity contribution in [1.82, 2.24) is 0 Å². The van der Waals surface area contributed by atoms with Gasteiger partial charge in [0.2, 0.25) is 11.3 Å². The molecule has 1 N–H and O–H groups in total. The molecule has 1 amide bonds. The number of hydrogen-bond donors (Lipinski definition) is 1. The molecule has 0 unspecified atom stereocenters. The summed E-state index contributed by atoms with van der Waals surface area (Å²) in [7, 11) is 0. The van der Waals surface area contributed by atoms with Gasteiger partial charge in [-0.2, -0.15) is 0 Å². The molecule has 31 heavy (non-hydrogen) atoms. The average Bonchev–Trinajstić information content (AvgIpc) is 2.77. The minimum absolute atomic E-state index is 0.0621. The average molecular weight is 407 g/mol. The molecular weight excluding hydrogens is 386 g/mol. The van der Waals surface area contributed by atoms with Gasteiger partial charge in [0.25, 0.3) is 0 Å². The number of hydrogen-bond acceptors (Lipinski definition) is 3. The van der Waals surface area contributed by atoms with Crippen LogP contribution in [0.15, 0.2) is 82.0 Å². The number of anilines is 1. The standard InChI is InChI=1S/C27H21NO3/c1-16-10-12-23-26(30)22-13-11-20(15-24(22)31-27(23)17(16)2)28-25(29)14-19-8-5-7-18-6-3-4-9-21(18)19/h3-13,15H,14H2,1-2H3,(H,28,29). The Labute approximate surface area is 179 Å². The van der Waals surface area contributed by atoms with Gasteiger partial charge in [0.1, 0.15) is 11.2 Å². The van der Waals surface area contributed by atoms with E-state index in [1.807, 2.05) is 68.4 Å². The Morgan fingerprint density at radius 1 is 0.871 bits per heavy atom. The number of benzene rings is 4. The third kappa shape index (κ3) is 3.36. The molecule has 1 heterocycles. The molecule has 4 aromatic carbocycles. The van der Waals surface area contributed by atoms with Crippen LogP contribution in [-0.4, -0.2) is 5.91 Å². The van der Waals surface area contributed by atoms with Crippen LogP contribution < -0.4 is 10.7 Å². The smallest absolute Gasteiger partial charge is 0.228 e. The Morgan fingerprint density at radius 2 is 1.65 bits per heavy atom. The second-order valence-corrected chi connectivity index (χ2v) is 7.89. The fourth-order valence-electron chi connectivity index (χ4n) is 4.05. The van der Waals surface area contributed by atoms with E-state index < -0.39 is 0 Å². The summed E-state index contributed by atoms with van der Waals surface area (Å²) in [4.78, 5) is 25.6. The van der Waals surface area contributed by atoms with Crippen molar-refractivity contribution in [2.24, 2.45) is 0 Å². The molecule has 5 rings (SSSR count). The summed E-state index contributed by atoms with van der Waals surface area (Å²) >= 11 is 0. The van der Waals surface area contributed by atoms with E-state index in [1.165, 1.54) is 0 Å². The minimum Gasteiger partial charge on any atom is -0.455 e. The number of carbonyl (C=O) groups is 1. The topological polar surface area (TPSA) is 59.3 Å². The molecule has 0 saturated carbocycles. The van der Waals surface area contributed by atoms with Crippen molar-refractivity contribution in [2.45, 2.75) is 20.3 Å². The van der Waals surface area contributed by atoms with Crippen LogP contribution in [0.25, 0.3) is 32.7 Å². The molecule has 0 radical (unpaired) electrons. The second kappa shape index (κ2) is 7.40. The van der Waals surface area contributed by atoms with E-state index in [-0.39, 0.29) is 17.8 Å². The van der Waals surface area contributed by atoms with Crippen LogP contribution in [0.4, 0.5) is 5.69 Å². The maximum absolute atomic E-state index is 12.9. The monoisotopic (exact) mass is 407 g/mol. The van der Waals surface area contributed by atoms with Crippen molar-refractivity contribution in [2.75, 3.05) is 5.32 Å². The van der Waals surface area contributed by atoms with E-state index in [0.29, 0.717) is 27.6 Å². The van der Waals surface area contributed by atoms with Crippen LogP contribution in [0.2, 0.25) is 0 Å². The molecule has 0 aliphatic carbocycles. The van der Waals surface area contributed by atoms with Crippen molar-refractivity contribution in [1.29, 1.82) is 0 Å². The molecule has 4 nitrogen and oxygen atoms in total. The SMILES string of the molecule is Cc1ccc2c(=O)c3ccc(NC(=O)Cc4cccc5ccccc45)cc3oc2c1C. The Kier molecular flexibility index (Phi) is 4.55.